The molecule has 0 aliphatic heterocycles. The number of hydrogen-bond donors (Lipinski definition) is 0. The number of nitrogens with zero attached hydrogens (tertiary/aromatic N) is 1. The molecule has 1 aromatic heterocycles. The summed E-state index contributed by atoms with van der Waals surface area (Å²) in [5.41, 5.74) is 0. The van der Waals surface area contributed by atoms with Crippen molar-refractivity contribution < 1.29 is 0 Å². The normalized spacial score (nSPS) is 25.7. The zero-order valence-electron chi connectivity index (χ0n) is 9.25. The Morgan fingerprint density at radius 1 is 1.38 bits per heavy atom. The predicted molar refractivity (Wildman–Crippen MR) is 76.9 cm³/mol. The number of halogens is 2. The smallest absolute Gasteiger partial charge is 0.111 e. The van der Waals surface area contributed by atoms with Gasteiger partial charge in [-0.2, -0.15) is 0 Å². The van der Waals surface area contributed by atoms with E-state index in [1.807, 2.05) is 18.0 Å². The Hall–Kier alpha value is 0.460. The van der Waals surface area contributed by atoms with E-state index in [9.17, 15) is 0 Å². The van der Waals surface area contributed by atoms with E-state index in [4.69, 9.17) is 0 Å². The van der Waals surface area contributed by atoms with Crippen LogP contribution in [0.3, 0.4) is 0 Å². The molecule has 2 atom stereocenters. The lowest BCUT2D eigenvalue weighted by Gasteiger charge is -2.26. The van der Waals surface area contributed by atoms with Crippen LogP contribution in [0.15, 0.2) is 26.2 Å². The lowest BCUT2D eigenvalue weighted by molar-refractivity contribution is 0.394. The molecule has 1 saturated carbocycles. The van der Waals surface area contributed by atoms with Crippen molar-refractivity contribution in [2.75, 3.05) is 0 Å². The van der Waals surface area contributed by atoms with Crippen LogP contribution >= 0.6 is 43.6 Å². The van der Waals surface area contributed by atoms with Gasteiger partial charge in [0.2, 0.25) is 0 Å². The summed E-state index contributed by atoms with van der Waals surface area (Å²) in [6, 6.07) is 2.07. The summed E-state index contributed by atoms with van der Waals surface area (Å²) in [5.74, 6) is 0.875. The molecule has 0 N–H and O–H groups in total. The Bertz CT molecular complexity index is 370. The van der Waals surface area contributed by atoms with Gasteiger partial charge in [0.05, 0.1) is 4.47 Å². The van der Waals surface area contributed by atoms with Gasteiger partial charge in [-0.1, -0.05) is 19.8 Å². The molecular formula is C12H15Br2NS. The van der Waals surface area contributed by atoms with Crippen LogP contribution in [0.2, 0.25) is 0 Å². The molecule has 0 spiro atoms. The topological polar surface area (TPSA) is 12.9 Å². The van der Waals surface area contributed by atoms with E-state index < -0.39 is 0 Å². The molecule has 2 unspecified atom stereocenters. The van der Waals surface area contributed by atoms with Crippen molar-refractivity contribution in [1.29, 1.82) is 0 Å². The molecule has 4 heteroatoms. The van der Waals surface area contributed by atoms with Crippen molar-refractivity contribution in [3.8, 4) is 0 Å². The monoisotopic (exact) mass is 363 g/mol. The first-order valence-electron chi connectivity index (χ1n) is 5.63. The quantitative estimate of drug-likeness (QED) is 0.708. The van der Waals surface area contributed by atoms with Gasteiger partial charge in [0.15, 0.2) is 0 Å². The number of hydrogen-bond acceptors (Lipinski definition) is 2. The van der Waals surface area contributed by atoms with E-state index >= 15 is 0 Å². The number of thioether (sulfide) groups is 1. The molecule has 88 valence electrons. The van der Waals surface area contributed by atoms with Gasteiger partial charge in [-0.3, -0.25) is 0 Å². The summed E-state index contributed by atoms with van der Waals surface area (Å²) in [4.78, 5) is 4.47. The molecule has 0 amide bonds. The van der Waals surface area contributed by atoms with Gasteiger partial charge in [-0.15, -0.1) is 11.8 Å². The van der Waals surface area contributed by atoms with Gasteiger partial charge in [-0.05, 0) is 56.7 Å². The molecule has 1 fully saturated rings. The highest BCUT2D eigenvalue weighted by atomic mass is 79.9. The third-order valence-electron chi connectivity index (χ3n) is 2.94. The SMILES string of the molecule is CC1CCCC(Sc2ncc(Br)cc2Br)C1. The number of aromatic nitrogens is 1. The van der Waals surface area contributed by atoms with Gasteiger partial charge in [-0.25, -0.2) is 4.98 Å². The van der Waals surface area contributed by atoms with Crippen LogP contribution in [-0.2, 0) is 0 Å². The van der Waals surface area contributed by atoms with Crippen molar-refractivity contribution in [2.45, 2.75) is 42.9 Å². The van der Waals surface area contributed by atoms with E-state index in [-0.39, 0.29) is 0 Å². The van der Waals surface area contributed by atoms with Crippen LogP contribution in [0.4, 0.5) is 0 Å². The van der Waals surface area contributed by atoms with E-state index in [0.717, 1.165) is 25.1 Å². The van der Waals surface area contributed by atoms with Gasteiger partial charge in [0.25, 0.3) is 0 Å². The Balaban J connectivity index is 2.02. The summed E-state index contributed by atoms with van der Waals surface area (Å²) in [6.45, 7) is 2.36. The molecule has 1 aliphatic carbocycles. The minimum atomic E-state index is 0.744. The lowest BCUT2D eigenvalue weighted by Crippen LogP contribution is -2.15. The minimum Gasteiger partial charge on any atom is -0.248 e. The minimum absolute atomic E-state index is 0.744. The maximum Gasteiger partial charge on any atom is 0.111 e. The van der Waals surface area contributed by atoms with Crippen molar-refractivity contribution >= 4 is 43.6 Å². The van der Waals surface area contributed by atoms with Crippen molar-refractivity contribution in [2.24, 2.45) is 5.92 Å². The Morgan fingerprint density at radius 2 is 2.19 bits per heavy atom. The molecule has 0 aromatic carbocycles. The second-order valence-electron chi connectivity index (χ2n) is 4.45. The highest BCUT2D eigenvalue weighted by molar-refractivity contribution is 9.11. The van der Waals surface area contributed by atoms with Crippen LogP contribution in [0.25, 0.3) is 0 Å². The fraction of sp³-hybridized carbons (Fsp3) is 0.583. The number of rotatable bonds is 2. The average Bonchev–Trinajstić information content (AvgIpc) is 2.22. The van der Waals surface area contributed by atoms with Crippen LogP contribution in [-0.4, -0.2) is 10.2 Å². The summed E-state index contributed by atoms with van der Waals surface area (Å²) in [7, 11) is 0. The molecule has 0 saturated heterocycles. The Morgan fingerprint density at radius 3 is 2.88 bits per heavy atom. The van der Waals surface area contributed by atoms with Crippen LogP contribution < -0.4 is 0 Å². The van der Waals surface area contributed by atoms with Crippen molar-refractivity contribution in [3.63, 3.8) is 0 Å². The molecule has 0 bridgehead atoms. The fourth-order valence-corrected chi connectivity index (χ4v) is 4.71. The Kier molecular flexibility index (Phi) is 4.74. The second kappa shape index (κ2) is 5.87. The zero-order valence-corrected chi connectivity index (χ0v) is 13.2. The Labute approximate surface area is 118 Å². The molecule has 1 heterocycles. The third-order valence-corrected chi connectivity index (χ3v) is 5.55. The molecule has 0 radical (unpaired) electrons. The lowest BCUT2D eigenvalue weighted by atomic mass is 9.91. The average molecular weight is 365 g/mol. The van der Waals surface area contributed by atoms with Crippen LogP contribution in [0, 0.1) is 5.92 Å². The van der Waals surface area contributed by atoms with Crippen LogP contribution in [0.5, 0.6) is 0 Å². The summed E-state index contributed by atoms with van der Waals surface area (Å²) in [6.07, 6.45) is 7.30. The van der Waals surface area contributed by atoms with Gasteiger partial charge in [0, 0.05) is 15.9 Å². The fourth-order valence-electron chi connectivity index (χ4n) is 2.13. The largest absolute Gasteiger partial charge is 0.248 e. The number of pyridine rings is 1. The standard InChI is InChI=1S/C12H15Br2NS/c1-8-3-2-4-10(5-8)16-12-11(14)6-9(13)7-15-12/h6-8,10H,2-5H2,1H3. The third kappa shape index (κ3) is 3.47. The molecule has 1 nitrogen and oxygen atoms in total. The van der Waals surface area contributed by atoms with Gasteiger partial charge < -0.3 is 0 Å². The first kappa shape index (κ1) is 12.9. The highest BCUT2D eigenvalue weighted by Gasteiger charge is 2.21. The summed E-state index contributed by atoms with van der Waals surface area (Å²) < 4.78 is 2.13. The predicted octanol–water partition coefficient (Wildman–Crippen LogP) is 5.28. The molecule has 16 heavy (non-hydrogen) atoms. The molecule has 2 rings (SSSR count). The first-order chi connectivity index (χ1) is 7.65. The first-order valence-corrected chi connectivity index (χ1v) is 8.09. The summed E-state index contributed by atoms with van der Waals surface area (Å²) in [5, 5.41) is 1.87. The molecule has 1 aromatic rings. The molecular weight excluding hydrogens is 350 g/mol. The zero-order chi connectivity index (χ0) is 11.5. The highest BCUT2D eigenvalue weighted by Crippen LogP contribution is 2.38. The van der Waals surface area contributed by atoms with E-state index in [1.165, 1.54) is 25.7 Å². The van der Waals surface area contributed by atoms with E-state index in [1.54, 1.807) is 0 Å². The van der Waals surface area contributed by atoms with Crippen molar-refractivity contribution in [1.82, 2.24) is 4.98 Å². The van der Waals surface area contributed by atoms with Crippen LogP contribution in [0.1, 0.15) is 32.6 Å². The van der Waals surface area contributed by atoms with Gasteiger partial charge in [0.1, 0.15) is 5.03 Å². The van der Waals surface area contributed by atoms with Crippen molar-refractivity contribution in [3.05, 3.63) is 21.2 Å². The second-order valence-corrected chi connectivity index (χ2v) is 7.51. The maximum absolute atomic E-state index is 4.47. The van der Waals surface area contributed by atoms with E-state index in [0.29, 0.717) is 0 Å². The van der Waals surface area contributed by atoms with E-state index in [2.05, 4.69) is 49.8 Å². The summed E-state index contributed by atoms with van der Waals surface area (Å²) >= 11 is 8.93. The molecule has 1 aliphatic rings. The maximum atomic E-state index is 4.47. The van der Waals surface area contributed by atoms with Gasteiger partial charge >= 0.3 is 0 Å².